The van der Waals surface area contributed by atoms with Crippen LogP contribution in [0.15, 0.2) is 10.9 Å². The monoisotopic (exact) mass is 171 g/mol. The molecule has 1 rings (SSSR count). The third-order valence-electron chi connectivity index (χ3n) is 1.26. The first-order valence-corrected chi connectivity index (χ1v) is 3.60. The van der Waals surface area contributed by atoms with Crippen molar-refractivity contribution < 1.29 is 4.39 Å². The van der Waals surface area contributed by atoms with Crippen LogP contribution in [0.3, 0.4) is 0 Å². The molecular weight excluding hydrogens is 161 g/mol. The summed E-state index contributed by atoms with van der Waals surface area (Å²) in [4.78, 5) is 17.3. The zero-order chi connectivity index (χ0) is 8.97. The Balaban J connectivity index is 2.79. The molecule has 0 aliphatic rings. The average Bonchev–Trinajstić information content (AvgIpc) is 1.99. The van der Waals surface area contributed by atoms with Gasteiger partial charge in [-0.25, -0.2) is 9.37 Å². The molecule has 0 radical (unpaired) electrons. The van der Waals surface area contributed by atoms with Crippen LogP contribution in [-0.4, -0.2) is 23.2 Å². The zero-order valence-corrected chi connectivity index (χ0v) is 6.72. The highest BCUT2D eigenvalue weighted by Gasteiger charge is 1.95. The maximum atomic E-state index is 11.7. The van der Waals surface area contributed by atoms with Gasteiger partial charge in [0, 0.05) is 12.6 Å². The van der Waals surface area contributed by atoms with Crippen LogP contribution in [0.2, 0.25) is 0 Å². The summed E-state index contributed by atoms with van der Waals surface area (Å²) in [6.45, 7) is 1.37. The first-order valence-electron chi connectivity index (χ1n) is 3.60. The highest BCUT2D eigenvalue weighted by Crippen LogP contribution is 1.96. The lowest BCUT2D eigenvalue weighted by Crippen LogP contribution is -2.13. The first-order chi connectivity index (χ1) is 5.72. The van der Waals surface area contributed by atoms with E-state index in [1.54, 1.807) is 6.92 Å². The Labute approximate surface area is 68.8 Å². The Morgan fingerprint density at radius 3 is 3.08 bits per heavy atom. The average molecular weight is 171 g/mol. The second kappa shape index (κ2) is 3.85. The molecule has 0 unspecified atom stereocenters. The molecule has 0 fully saturated rings. The molecule has 1 aromatic rings. The fourth-order valence-corrected chi connectivity index (χ4v) is 0.845. The third kappa shape index (κ3) is 2.34. The van der Waals surface area contributed by atoms with Crippen LogP contribution < -0.4 is 10.9 Å². The number of hydrogen-bond acceptors (Lipinski definition) is 3. The van der Waals surface area contributed by atoms with Crippen LogP contribution in [0, 0.1) is 6.92 Å². The van der Waals surface area contributed by atoms with E-state index in [0.717, 1.165) is 0 Å². The lowest BCUT2D eigenvalue weighted by molar-refractivity contribution is 0.512. The highest BCUT2D eigenvalue weighted by atomic mass is 19.1. The number of rotatable bonds is 3. The number of nitrogens with zero attached hydrogens (tertiary/aromatic N) is 1. The lowest BCUT2D eigenvalue weighted by Gasteiger charge is -2.01. The van der Waals surface area contributed by atoms with E-state index >= 15 is 0 Å². The van der Waals surface area contributed by atoms with E-state index in [0.29, 0.717) is 11.6 Å². The molecule has 5 heteroatoms. The van der Waals surface area contributed by atoms with Crippen molar-refractivity contribution in [1.82, 2.24) is 9.97 Å². The minimum atomic E-state index is -0.479. The molecule has 0 atom stereocenters. The minimum absolute atomic E-state index is 0.176. The first kappa shape index (κ1) is 8.70. The molecule has 0 aromatic carbocycles. The van der Waals surface area contributed by atoms with E-state index in [9.17, 15) is 9.18 Å². The Hall–Kier alpha value is -1.39. The normalized spacial score (nSPS) is 9.83. The molecule has 0 aliphatic heterocycles. The van der Waals surface area contributed by atoms with Gasteiger partial charge in [-0.05, 0) is 6.92 Å². The zero-order valence-electron chi connectivity index (χ0n) is 6.72. The van der Waals surface area contributed by atoms with Gasteiger partial charge in [-0.3, -0.25) is 4.79 Å². The smallest absolute Gasteiger partial charge is 0.252 e. The maximum absolute atomic E-state index is 11.7. The second-order valence-electron chi connectivity index (χ2n) is 2.33. The molecule has 0 saturated heterocycles. The quantitative estimate of drug-likeness (QED) is 0.694. The van der Waals surface area contributed by atoms with Gasteiger partial charge in [-0.2, -0.15) is 0 Å². The Kier molecular flexibility index (Phi) is 2.79. The van der Waals surface area contributed by atoms with Gasteiger partial charge in [-0.15, -0.1) is 0 Å². The Bertz CT molecular complexity index is 310. The summed E-state index contributed by atoms with van der Waals surface area (Å²) in [6.07, 6.45) is 0. The molecule has 12 heavy (non-hydrogen) atoms. The number of H-pyrrole nitrogens is 1. The fraction of sp³-hybridized carbons (Fsp3) is 0.429. The van der Waals surface area contributed by atoms with Gasteiger partial charge in [0.1, 0.15) is 18.3 Å². The van der Waals surface area contributed by atoms with Crippen molar-refractivity contribution in [1.29, 1.82) is 0 Å². The molecule has 66 valence electrons. The van der Waals surface area contributed by atoms with E-state index < -0.39 is 6.67 Å². The number of aromatic nitrogens is 2. The summed E-state index contributed by atoms with van der Waals surface area (Å²) in [6, 6.07) is 1.29. The van der Waals surface area contributed by atoms with Crippen LogP contribution in [0.5, 0.6) is 0 Å². The van der Waals surface area contributed by atoms with Gasteiger partial charge in [0.15, 0.2) is 0 Å². The van der Waals surface area contributed by atoms with Crippen LogP contribution in [0.25, 0.3) is 0 Å². The second-order valence-corrected chi connectivity index (χ2v) is 2.33. The summed E-state index contributed by atoms with van der Waals surface area (Å²) in [5, 5.41) is 2.67. The molecular formula is C7H10FN3O. The van der Waals surface area contributed by atoms with Gasteiger partial charge < -0.3 is 10.3 Å². The summed E-state index contributed by atoms with van der Waals surface area (Å²) >= 11 is 0. The number of hydrogen-bond donors (Lipinski definition) is 2. The molecule has 0 amide bonds. The summed E-state index contributed by atoms with van der Waals surface area (Å²) in [5.74, 6) is 0.928. The van der Waals surface area contributed by atoms with Crippen molar-refractivity contribution in [2.45, 2.75) is 6.92 Å². The standard InChI is InChI=1S/C7H10FN3O/c1-5-10-6(9-3-2-8)4-7(12)11-5/h4H,2-3H2,1H3,(H2,9,10,11,12). The molecule has 0 spiro atoms. The molecule has 4 nitrogen and oxygen atoms in total. The molecule has 0 bridgehead atoms. The van der Waals surface area contributed by atoms with E-state index in [4.69, 9.17) is 0 Å². The van der Waals surface area contributed by atoms with Crippen molar-refractivity contribution in [3.63, 3.8) is 0 Å². The van der Waals surface area contributed by atoms with Gasteiger partial charge >= 0.3 is 0 Å². The number of halogens is 1. The largest absolute Gasteiger partial charge is 0.367 e. The summed E-state index contributed by atoms with van der Waals surface area (Å²) in [7, 11) is 0. The lowest BCUT2D eigenvalue weighted by atomic mass is 10.5. The van der Waals surface area contributed by atoms with E-state index in [-0.39, 0.29) is 12.1 Å². The van der Waals surface area contributed by atoms with Gasteiger partial charge in [0.25, 0.3) is 5.56 Å². The predicted molar refractivity (Wildman–Crippen MR) is 44.1 cm³/mol. The number of nitrogens with one attached hydrogen (secondary N) is 2. The van der Waals surface area contributed by atoms with E-state index in [1.807, 2.05) is 0 Å². The van der Waals surface area contributed by atoms with Crippen molar-refractivity contribution in [3.8, 4) is 0 Å². The van der Waals surface area contributed by atoms with Gasteiger partial charge in [0.05, 0.1) is 0 Å². The third-order valence-corrected chi connectivity index (χ3v) is 1.26. The number of alkyl halides is 1. The topological polar surface area (TPSA) is 57.8 Å². The summed E-state index contributed by atoms with van der Waals surface area (Å²) < 4.78 is 11.7. The van der Waals surface area contributed by atoms with Crippen LogP contribution >= 0.6 is 0 Å². The summed E-state index contributed by atoms with van der Waals surface area (Å²) in [5.41, 5.74) is -0.233. The molecule has 0 saturated carbocycles. The van der Waals surface area contributed by atoms with Gasteiger partial charge in [0.2, 0.25) is 0 Å². The predicted octanol–water partition coefficient (Wildman–Crippen LogP) is 0.460. The van der Waals surface area contributed by atoms with E-state index in [1.165, 1.54) is 6.07 Å². The molecule has 1 heterocycles. The van der Waals surface area contributed by atoms with Crippen molar-refractivity contribution in [2.75, 3.05) is 18.5 Å². The van der Waals surface area contributed by atoms with Crippen LogP contribution in [-0.2, 0) is 0 Å². The van der Waals surface area contributed by atoms with E-state index in [2.05, 4.69) is 15.3 Å². The molecule has 1 aromatic heterocycles. The van der Waals surface area contributed by atoms with Crippen molar-refractivity contribution in [3.05, 3.63) is 22.2 Å². The highest BCUT2D eigenvalue weighted by molar-refractivity contribution is 5.32. The van der Waals surface area contributed by atoms with Crippen LogP contribution in [0.4, 0.5) is 10.2 Å². The fourth-order valence-electron chi connectivity index (χ4n) is 0.845. The van der Waals surface area contributed by atoms with Crippen molar-refractivity contribution >= 4 is 5.82 Å². The molecule has 2 N–H and O–H groups in total. The van der Waals surface area contributed by atoms with Crippen molar-refractivity contribution in [2.24, 2.45) is 0 Å². The number of aromatic amines is 1. The van der Waals surface area contributed by atoms with Crippen LogP contribution in [0.1, 0.15) is 5.82 Å². The maximum Gasteiger partial charge on any atom is 0.252 e. The SMILES string of the molecule is Cc1nc(NCCF)cc(=O)[nH]1. The number of anilines is 1. The Morgan fingerprint density at radius 2 is 2.50 bits per heavy atom. The Morgan fingerprint density at radius 1 is 1.75 bits per heavy atom. The minimum Gasteiger partial charge on any atom is -0.367 e. The molecule has 0 aliphatic carbocycles. The van der Waals surface area contributed by atoms with Gasteiger partial charge in [-0.1, -0.05) is 0 Å². The number of aryl methyl sites for hydroxylation is 1.